The number of rotatable bonds is 8. The molecule has 0 atom stereocenters. The summed E-state index contributed by atoms with van der Waals surface area (Å²) in [6.07, 6.45) is 2.21. The van der Waals surface area contributed by atoms with E-state index in [1.165, 1.54) is 18.2 Å². The van der Waals surface area contributed by atoms with Crippen molar-refractivity contribution in [2.24, 2.45) is 5.92 Å². The summed E-state index contributed by atoms with van der Waals surface area (Å²) in [5.41, 5.74) is 1.01. The largest absolute Gasteiger partial charge is 0.491 e. The van der Waals surface area contributed by atoms with Crippen LogP contribution in [0.4, 0.5) is 11.8 Å². The third-order valence-corrected chi connectivity index (χ3v) is 4.47. The number of nitrogens with zero attached hydrogens (tertiary/aromatic N) is 3. The number of methoxy groups -OCH3 is 1. The Morgan fingerprint density at radius 2 is 2.14 bits per heavy atom. The van der Waals surface area contributed by atoms with Crippen LogP contribution in [-0.4, -0.2) is 35.0 Å². The molecule has 2 aromatic heterocycles. The topological polar surface area (TPSA) is 100 Å². The molecule has 152 valence electrons. The Hall–Kier alpha value is -3.13. The quantitative estimate of drug-likeness (QED) is 0.548. The number of anilines is 2. The molecule has 0 aliphatic heterocycles. The summed E-state index contributed by atoms with van der Waals surface area (Å²) in [6, 6.07) is 7.04. The van der Waals surface area contributed by atoms with Crippen molar-refractivity contribution in [1.29, 1.82) is 0 Å². The fraction of sp³-hybridized carbons (Fsp3) is 0.300. The van der Waals surface area contributed by atoms with E-state index in [0.29, 0.717) is 40.6 Å². The van der Waals surface area contributed by atoms with Crippen molar-refractivity contribution in [1.82, 2.24) is 15.0 Å². The first-order valence-corrected chi connectivity index (χ1v) is 9.47. The molecule has 1 aromatic carbocycles. The number of fused-ring (bicyclic) bond motifs is 1. The lowest BCUT2D eigenvalue weighted by atomic mass is 10.1. The summed E-state index contributed by atoms with van der Waals surface area (Å²) in [7, 11) is 1.49. The lowest BCUT2D eigenvalue weighted by Gasteiger charge is -2.21. The lowest BCUT2D eigenvalue weighted by Crippen LogP contribution is -2.27. The first kappa shape index (κ1) is 20.6. The Morgan fingerprint density at radius 1 is 1.34 bits per heavy atom. The normalized spacial score (nSPS) is 10.9. The van der Waals surface area contributed by atoms with E-state index in [-0.39, 0.29) is 24.0 Å². The smallest absolute Gasteiger partial charge is 0.253 e. The number of hydrogen-bond donors (Lipinski definition) is 2. The molecule has 0 spiro atoms. The van der Waals surface area contributed by atoms with Crippen molar-refractivity contribution >= 4 is 40.7 Å². The molecule has 3 rings (SSSR count). The number of hydrogen-bond acceptors (Lipinski definition) is 6. The van der Waals surface area contributed by atoms with E-state index in [1.807, 2.05) is 13.8 Å². The van der Waals surface area contributed by atoms with Crippen molar-refractivity contribution in [3.8, 4) is 5.75 Å². The van der Waals surface area contributed by atoms with Gasteiger partial charge in [-0.1, -0.05) is 25.4 Å². The van der Waals surface area contributed by atoms with Crippen LogP contribution < -0.4 is 20.5 Å². The SMILES string of the molecule is COc1cnc(NCc2cc3cc(Cl)ccc3[nH]c2=O)nc1N(C=O)CC(C)C. The van der Waals surface area contributed by atoms with E-state index in [2.05, 4.69) is 20.3 Å². The zero-order chi connectivity index (χ0) is 21.0. The molecule has 0 fully saturated rings. The minimum atomic E-state index is -0.213. The molecule has 0 saturated heterocycles. The third-order valence-electron chi connectivity index (χ3n) is 4.24. The van der Waals surface area contributed by atoms with E-state index in [9.17, 15) is 9.59 Å². The Bertz CT molecular complexity index is 1080. The van der Waals surface area contributed by atoms with Crippen LogP contribution in [-0.2, 0) is 11.3 Å². The highest BCUT2D eigenvalue weighted by Gasteiger charge is 2.16. The van der Waals surface area contributed by atoms with Crippen molar-refractivity contribution in [3.05, 3.63) is 51.4 Å². The summed E-state index contributed by atoms with van der Waals surface area (Å²) in [6.45, 7) is 4.69. The van der Waals surface area contributed by atoms with Gasteiger partial charge in [0, 0.05) is 34.6 Å². The molecule has 29 heavy (non-hydrogen) atoms. The summed E-state index contributed by atoms with van der Waals surface area (Å²) in [5, 5.41) is 4.45. The number of ether oxygens (including phenoxy) is 1. The maximum atomic E-state index is 12.3. The highest BCUT2D eigenvalue weighted by molar-refractivity contribution is 6.31. The van der Waals surface area contributed by atoms with Crippen molar-refractivity contribution in [2.45, 2.75) is 20.4 Å². The second-order valence-electron chi connectivity index (χ2n) is 6.95. The van der Waals surface area contributed by atoms with Crippen molar-refractivity contribution in [3.63, 3.8) is 0 Å². The van der Waals surface area contributed by atoms with Gasteiger partial charge >= 0.3 is 0 Å². The van der Waals surface area contributed by atoms with Gasteiger partial charge in [0.05, 0.1) is 13.3 Å². The fourth-order valence-electron chi connectivity index (χ4n) is 2.90. The number of carbonyl (C=O) groups is 1. The number of pyridine rings is 1. The third kappa shape index (κ3) is 4.83. The minimum Gasteiger partial charge on any atom is -0.491 e. The second kappa shape index (κ2) is 8.91. The average molecular weight is 416 g/mol. The number of aromatic amines is 1. The first-order valence-electron chi connectivity index (χ1n) is 9.09. The number of nitrogens with one attached hydrogen (secondary N) is 2. The van der Waals surface area contributed by atoms with Crippen LogP contribution in [0.25, 0.3) is 10.9 Å². The molecule has 1 amide bonds. The van der Waals surface area contributed by atoms with Gasteiger partial charge in [-0.25, -0.2) is 4.98 Å². The van der Waals surface area contributed by atoms with Gasteiger partial charge in [-0.05, 0) is 30.2 Å². The van der Waals surface area contributed by atoms with Gasteiger partial charge in [0.1, 0.15) is 0 Å². The van der Waals surface area contributed by atoms with Crippen LogP contribution in [0, 0.1) is 5.92 Å². The summed E-state index contributed by atoms with van der Waals surface area (Å²) in [4.78, 5) is 36.8. The summed E-state index contributed by atoms with van der Waals surface area (Å²) < 4.78 is 5.29. The second-order valence-corrected chi connectivity index (χ2v) is 7.38. The molecule has 2 heterocycles. The van der Waals surface area contributed by atoms with E-state index in [4.69, 9.17) is 16.3 Å². The average Bonchev–Trinajstić information content (AvgIpc) is 2.70. The van der Waals surface area contributed by atoms with Gasteiger partial charge in [-0.3, -0.25) is 14.5 Å². The van der Waals surface area contributed by atoms with Gasteiger partial charge in [-0.2, -0.15) is 4.98 Å². The molecule has 3 aromatic rings. The van der Waals surface area contributed by atoms with Gasteiger partial charge in [0.25, 0.3) is 5.56 Å². The highest BCUT2D eigenvalue weighted by Crippen LogP contribution is 2.26. The van der Waals surface area contributed by atoms with E-state index >= 15 is 0 Å². The summed E-state index contributed by atoms with van der Waals surface area (Å²) >= 11 is 6.04. The number of carbonyl (C=O) groups excluding carboxylic acids is 1. The molecule has 0 saturated carbocycles. The number of H-pyrrole nitrogens is 1. The van der Waals surface area contributed by atoms with E-state index in [1.54, 1.807) is 24.3 Å². The standard InChI is InChI=1S/C20H22ClN5O3/c1-12(2)10-26(11-27)18-17(29-3)9-23-20(25-18)22-8-14-6-13-7-15(21)4-5-16(13)24-19(14)28/h4-7,9,11-12H,8,10H2,1-3H3,(H,24,28)(H,22,23,25). The monoisotopic (exact) mass is 415 g/mol. The highest BCUT2D eigenvalue weighted by atomic mass is 35.5. The first-order chi connectivity index (χ1) is 13.9. The molecule has 2 N–H and O–H groups in total. The molecule has 0 radical (unpaired) electrons. The Morgan fingerprint density at radius 3 is 2.83 bits per heavy atom. The Balaban J connectivity index is 1.86. The maximum absolute atomic E-state index is 12.3. The maximum Gasteiger partial charge on any atom is 0.253 e. The predicted octanol–water partition coefficient (Wildman–Crippen LogP) is 3.21. The van der Waals surface area contributed by atoms with E-state index in [0.717, 1.165) is 5.39 Å². The number of benzene rings is 1. The lowest BCUT2D eigenvalue weighted by molar-refractivity contribution is -0.107. The molecule has 0 aliphatic carbocycles. The number of aromatic nitrogens is 3. The molecular formula is C20H22ClN5O3. The van der Waals surface area contributed by atoms with Crippen molar-refractivity contribution in [2.75, 3.05) is 23.9 Å². The van der Waals surface area contributed by atoms with Crippen LogP contribution in [0.15, 0.2) is 35.3 Å². The van der Waals surface area contributed by atoms with Crippen LogP contribution in [0.5, 0.6) is 5.75 Å². The van der Waals surface area contributed by atoms with Crippen LogP contribution in [0.2, 0.25) is 5.02 Å². The summed E-state index contributed by atoms with van der Waals surface area (Å²) in [5.74, 6) is 1.29. The number of halogens is 1. The molecule has 0 aliphatic rings. The van der Waals surface area contributed by atoms with Gasteiger partial charge in [0.2, 0.25) is 12.4 Å². The predicted molar refractivity (Wildman–Crippen MR) is 114 cm³/mol. The van der Waals surface area contributed by atoms with E-state index < -0.39 is 0 Å². The number of amides is 1. The molecule has 8 nitrogen and oxygen atoms in total. The van der Waals surface area contributed by atoms with Crippen LogP contribution >= 0.6 is 11.6 Å². The minimum absolute atomic E-state index is 0.203. The van der Waals surface area contributed by atoms with Crippen LogP contribution in [0.3, 0.4) is 0 Å². The zero-order valence-electron chi connectivity index (χ0n) is 16.4. The van der Waals surface area contributed by atoms with Crippen molar-refractivity contribution < 1.29 is 9.53 Å². The van der Waals surface area contributed by atoms with Gasteiger partial charge in [0.15, 0.2) is 11.6 Å². The van der Waals surface area contributed by atoms with Crippen LogP contribution in [0.1, 0.15) is 19.4 Å². The van der Waals surface area contributed by atoms with Gasteiger partial charge in [-0.15, -0.1) is 0 Å². The molecule has 0 bridgehead atoms. The fourth-order valence-corrected chi connectivity index (χ4v) is 3.08. The molecule has 9 heteroatoms. The zero-order valence-corrected chi connectivity index (χ0v) is 17.2. The Kier molecular flexibility index (Phi) is 6.33. The Labute approximate surface area is 172 Å². The molecular weight excluding hydrogens is 394 g/mol. The molecule has 0 unspecified atom stereocenters. The van der Waals surface area contributed by atoms with Gasteiger partial charge < -0.3 is 15.0 Å².